The van der Waals surface area contributed by atoms with Gasteiger partial charge >= 0.3 is 0 Å². The van der Waals surface area contributed by atoms with Crippen molar-refractivity contribution in [3.8, 4) is 0 Å². The minimum absolute atomic E-state index is 0.345. The molecule has 0 saturated carbocycles. The normalized spacial score (nSPS) is 14.0. The largest absolute Gasteiger partial charge is 0.307 e. The minimum atomic E-state index is 0.345. The van der Waals surface area contributed by atoms with E-state index in [1.54, 1.807) is 0 Å². The molecule has 2 rings (SSSR count). The highest BCUT2D eigenvalue weighted by Gasteiger charge is 2.10. The highest BCUT2D eigenvalue weighted by molar-refractivity contribution is 9.10. The Balaban J connectivity index is 1.93. The third kappa shape index (κ3) is 4.72. The summed E-state index contributed by atoms with van der Waals surface area (Å²) in [6, 6.07) is 17.8. The number of rotatable bonds is 5. The van der Waals surface area contributed by atoms with E-state index in [-0.39, 0.29) is 0 Å². The van der Waals surface area contributed by atoms with Gasteiger partial charge in [-0.05, 0) is 55.7 Å². The molecule has 0 aromatic heterocycles. The molecule has 2 unspecified atom stereocenters. The van der Waals surface area contributed by atoms with Crippen LogP contribution in [-0.4, -0.2) is 6.04 Å². The molecule has 2 aromatic carbocycles. The molecule has 106 valence electrons. The number of nitrogens with one attached hydrogen (secondary N) is 1. The fourth-order valence-corrected chi connectivity index (χ4v) is 3.01. The molecule has 20 heavy (non-hydrogen) atoms. The van der Waals surface area contributed by atoms with Crippen LogP contribution in [0.1, 0.15) is 31.0 Å². The van der Waals surface area contributed by atoms with Crippen molar-refractivity contribution in [3.63, 3.8) is 0 Å². The van der Waals surface area contributed by atoms with Crippen LogP contribution in [0.2, 0.25) is 0 Å². The minimum Gasteiger partial charge on any atom is -0.307 e. The predicted molar refractivity (Wildman–Crippen MR) is 93.0 cm³/mol. The van der Waals surface area contributed by atoms with E-state index < -0.39 is 0 Å². The van der Waals surface area contributed by atoms with E-state index in [9.17, 15) is 0 Å². The second-order valence-electron chi connectivity index (χ2n) is 5.17. The molecule has 0 fully saturated rings. The predicted octanol–water partition coefficient (Wildman–Crippen LogP) is 5.49. The molecule has 0 saturated heterocycles. The number of hydrogen-bond acceptors (Lipinski definition) is 1. The number of benzene rings is 2. The molecule has 2 atom stereocenters. The molecule has 0 radical (unpaired) electrons. The SMILES string of the molecule is CC(Cc1ccc(Br)cc1)NC(C)c1cccc(Br)c1. The number of halogens is 2. The average molecular weight is 397 g/mol. The summed E-state index contributed by atoms with van der Waals surface area (Å²) in [5, 5.41) is 3.65. The Labute approximate surface area is 138 Å². The molecule has 1 nitrogen and oxygen atoms in total. The van der Waals surface area contributed by atoms with E-state index in [4.69, 9.17) is 0 Å². The lowest BCUT2D eigenvalue weighted by atomic mass is 10.0. The molecular weight excluding hydrogens is 378 g/mol. The van der Waals surface area contributed by atoms with Crippen molar-refractivity contribution in [3.05, 3.63) is 68.6 Å². The maximum absolute atomic E-state index is 3.65. The Morgan fingerprint density at radius 3 is 2.30 bits per heavy atom. The van der Waals surface area contributed by atoms with Gasteiger partial charge in [-0.3, -0.25) is 0 Å². The van der Waals surface area contributed by atoms with Gasteiger partial charge in [-0.15, -0.1) is 0 Å². The lowest BCUT2D eigenvalue weighted by Gasteiger charge is -2.20. The molecule has 0 spiro atoms. The van der Waals surface area contributed by atoms with Crippen molar-refractivity contribution in [1.82, 2.24) is 5.32 Å². The van der Waals surface area contributed by atoms with Gasteiger partial charge in [0.2, 0.25) is 0 Å². The molecule has 3 heteroatoms. The van der Waals surface area contributed by atoms with Crippen molar-refractivity contribution >= 4 is 31.9 Å². The zero-order valence-corrected chi connectivity index (χ0v) is 14.9. The van der Waals surface area contributed by atoms with Crippen LogP contribution < -0.4 is 5.32 Å². The first-order valence-electron chi connectivity index (χ1n) is 6.80. The summed E-state index contributed by atoms with van der Waals surface area (Å²) in [6.07, 6.45) is 1.03. The molecule has 0 heterocycles. The topological polar surface area (TPSA) is 12.0 Å². The van der Waals surface area contributed by atoms with Gasteiger partial charge in [0, 0.05) is 21.0 Å². The van der Waals surface area contributed by atoms with Crippen LogP contribution in [0.5, 0.6) is 0 Å². The van der Waals surface area contributed by atoms with Crippen LogP contribution >= 0.6 is 31.9 Å². The smallest absolute Gasteiger partial charge is 0.0294 e. The van der Waals surface area contributed by atoms with Gasteiger partial charge in [0.25, 0.3) is 0 Å². The maximum atomic E-state index is 3.65. The van der Waals surface area contributed by atoms with Gasteiger partial charge in [-0.2, -0.15) is 0 Å². The fraction of sp³-hybridized carbons (Fsp3) is 0.294. The van der Waals surface area contributed by atoms with E-state index in [0.29, 0.717) is 12.1 Å². The van der Waals surface area contributed by atoms with Crippen LogP contribution in [0.3, 0.4) is 0 Å². The average Bonchev–Trinajstić information content (AvgIpc) is 2.41. The Morgan fingerprint density at radius 2 is 1.65 bits per heavy atom. The summed E-state index contributed by atoms with van der Waals surface area (Å²) < 4.78 is 2.26. The van der Waals surface area contributed by atoms with Gasteiger partial charge in [0.1, 0.15) is 0 Å². The molecule has 0 bridgehead atoms. The quantitative estimate of drug-likeness (QED) is 0.704. The van der Waals surface area contributed by atoms with E-state index in [0.717, 1.165) is 15.4 Å². The second-order valence-corrected chi connectivity index (χ2v) is 7.01. The molecule has 0 amide bonds. The van der Waals surface area contributed by atoms with Crippen molar-refractivity contribution < 1.29 is 0 Å². The Hall–Kier alpha value is -0.640. The standard InChI is InChI=1S/C17H19Br2N/c1-12(10-14-6-8-16(18)9-7-14)20-13(2)15-4-3-5-17(19)11-15/h3-9,11-13,20H,10H2,1-2H3. The summed E-state index contributed by atoms with van der Waals surface area (Å²) in [7, 11) is 0. The van der Waals surface area contributed by atoms with Gasteiger partial charge < -0.3 is 5.32 Å². The third-order valence-corrected chi connectivity index (χ3v) is 4.36. The van der Waals surface area contributed by atoms with Crippen LogP contribution in [0.25, 0.3) is 0 Å². The van der Waals surface area contributed by atoms with E-state index >= 15 is 0 Å². The van der Waals surface area contributed by atoms with Crippen molar-refractivity contribution in [1.29, 1.82) is 0 Å². The molecule has 0 aliphatic carbocycles. The summed E-state index contributed by atoms with van der Waals surface area (Å²) >= 11 is 6.99. The van der Waals surface area contributed by atoms with E-state index in [1.807, 2.05) is 0 Å². The lowest BCUT2D eigenvalue weighted by Crippen LogP contribution is -2.30. The van der Waals surface area contributed by atoms with Crippen LogP contribution in [0, 0.1) is 0 Å². The van der Waals surface area contributed by atoms with Crippen LogP contribution in [0.15, 0.2) is 57.5 Å². The van der Waals surface area contributed by atoms with Crippen molar-refractivity contribution in [2.45, 2.75) is 32.4 Å². The van der Waals surface area contributed by atoms with Crippen molar-refractivity contribution in [2.75, 3.05) is 0 Å². The fourth-order valence-electron chi connectivity index (χ4n) is 2.33. The molecule has 0 aliphatic heterocycles. The Morgan fingerprint density at radius 1 is 0.950 bits per heavy atom. The Bertz CT molecular complexity index is 551. The summed E-state index contributed by atoms with van der Waals surface area (Å²) in [5.74, 6) is 0. The highest BCUT2D eigenvalue weighted by atomic mass is 79.9. The first-order chi connectivity index (χ1) is 9.54. The van der Waals surface area contributed by atoms with Gasteiger partial charge in [-0.1, -0.05) is 56.1 Å². The zero-order valence-electron chi connectivity index (χ0n) is 11.7. The van der Waals surface area contributed by atoms with Crippen LogP contribution in [0.4, 0.5) is 0 Å². The molecule has 1 N–H and O–H groups in total. The third-order valence-electron chi connectivity index (χ3n) is 3.34. The molecule has 2 aromatic rings. The molecule has 0 aliphatic rings. The zero-order chi connectivity index (χ0) is 14.5. The lowest BCUT2D eigenvalue weighted by molar-refractivity contribution is 0.477. The van der Waals surface area contributed by atoms with Gasteiger partial charge in [0.15, 0.2) is 0 Å². The van der Waals surface area contributed by atoms with E-state index in [2.05, 4.69) is 99.6 Å². The Kier molecular flexibility index (Phi) is 5.82. The van der Waals surface area contributed by atoms with Crippen molar-refractivity contribution in [2.24, 2.45) is 0 Å². The van der Waals surface area contributed by atoms with Gasteiger partial charge in [-0.25, -0.2) is 0 Å². The van der Waals surface area contributed by atoms with Crippen LogP contribution in [-0.2, 0) is 6.42 Å². The highest BCUT2D eigenvalue weighted by Crippen LogP contribution is 2.19. The second kappa shape index (κ2) is 7.39. The first-order valence-corrected chi connectivity index (χ1v) is 8.39. The van der Waals surface area contributed by atoms with Gasteiger partial charge in [0.05, 0.1) is 0 Å². The summed E-state index contributed by atoms with van der Waals surface area (Å²) in [6.45, 7) is 4.44. The summed E-state index contributed by atoms with van der Waals surface area (Å²) in [4.78, 5) is 0. The summed E-state index contributed by atoms with van der Waals surface area (Å²) in [5.41, 5.74) is 2.66. The number of hydrogen-bond donors (Lipinski definition) is 1. The monoisotopic (exact) mass is 395 g/mol. The molecular formula is C17H19Br2N. The van der Waals surface area contributed by atoms with E-state index in [1.165, 1.54) is 11.1 Å². The first kappa shape index (κ1) is 15.7. The maximum Gasteiger partial charge on any atom is 0.0294 e.